The Kier molecular flexibility index (Phi) is 2.86. The fourth-order valence-electron chi connectivity index (χ4n) is 3.85. The number of imide groups is 1. The Morgan fingerprint density at radius 3 is 2.71 bits per heavy atom. The van der Waals surface area contributed by atoms with Crippen LogP contribution in [0, 0.1) is 22.0 Å². The van der Waals surface area contributed by atoms with E-state index in [-0.39, 0.29) is 28.9 Å². The quantitative estimate of drug-likeness (QED) is 0.360. The first-order valence-electron chi connectivity index (χ1n) is 7.45. The van der Waals surface area contributed by atoms with E-state index in [1.165, 1.54) is 25.3 Å². The molecule has 2 fully saturated rings. The topological polar surface area (TPSA) is 99.0 Å². The Bertz CT molecular complexity index is 819. The minimum Gasteiger partial charge on any atom is -0.494 e. The summed E-state index contributed by atoms with van der Waals surface area (Å²) in [5.41, 5.74) is -0.743. The molecule has 2 saturated heterocycles. The zero-order valence-electron chi connectivity index (χ0n) is 13.0. The van der Waals surface area contributed by atoms with Crippen molar-refractivity contribution in [2.75, 3.05) is 12.0 Å². The number of nitro groups is 1. The summed E-state index contributed by atoms with van der Waals surface area (Å²) in [7, 11) is 1.34. The molecule has 3 aliphatic heterocycles. The molecule has 0 aliphatic carbocycles. The fraction of sp³-hybridized carbons (Fsp3) is 0.375. The van der Waals surface area contributed by atoms with Crippen LogP contribution in [-0.2, 0) is 14.3 Å². The molecule has 1 aromatic rings. The average Bonchev–Trinajstić information content (AvgIpc) is 3.16. The summed E-state index contributed by atoms with van der Waals surface area (Å²) in [6, 6.07) is 3.82. The highest BCUT2D eigenvalue weighted by molar-refractivity contribution is 6.24. The molecule has 0 spiro atoms. The van der Waals surface area contributed by atoms with Crippen LogP contribution in [0.25, 0.3) is 0 Å². The van der Waals surface area contributed by atoms with Crippen LogP contribution < -0.4 is 9.64 Å². The van der Waals surface area contributed by atoms with Crippen molar-refractivity contribution in [3.63, 3.8) is 0 Å². The summed E-state index contributed by atoms with van der Waals surface area (Å²) < 4.78 is 10.9. The van der Waals surface area contributed by atoms with Crippen molar-refractivity contribution in [1.29, 1.82) is 0 Å². The van der Waals surface area contributed by atoms with Crippen molar-refractivity contribution >= 4 is 23.2 Å². The standard InChI is InChI=1S/C16H14N2O6/c1-16-6-5-10(24-16)12-13(16)15(20)17(14(12)19)9-4-3-8(18(21)22)7-11(9)23-2/h3-7,10,12-13H,1-2H3/t10-,12-,13-,16-/m1/s1. The molecular formula is C16H14N2O6. The maximum atomic E-state index is 12.9. The van der Waals surface area contributed by atoms with Crippen LogP contribution in [0.5, 0.6) is 5.75 Å². The van der Waals surface area contributed by atoms with Gasteiger partial charge in [-0.2, -0.15) is 0 Å². The van der Waals surface area contributed by atoms with Gasteiger partial charge >= 0.3 is 0 Å². The van der Waals surface area contributed by atoms with Crippen LogP contribution in [0.4, 0.5) is 11.4 Å². The van der Waals surface area contributed by atoms with E-state index in [1.807, 2.05) is 12.2 Å². The monoisotopic (exact) mass is 330 g/mol. The van der Waals surface area contributed by atoms with Crippen molar-refractivity contribution in [2.45, 2.75) is 18.6 Å². The van der Waals surface area contributed by atoms with E-state index >= 15 is 0 Å². The largest absolute Gasteiger partial charge is 0.494 e. The first kappa shape index (κ1) is 14.8. The Balaban J connectivity index is 1.78. The van der Waals surface area contributed by atoms with Gasteiger partial charge in [0.15, 0.2) is 0 Å². The molecule has 0 saturated carbocycles. The minimum atomic E-state index is -0.787. The molecule has 3 heterocycles. The summed E-state index contributed by atoms with van der Waals surface area (Å²) in [6.07, 6.45) is 3.22. The molecule has 1 aromatic carbocycles. The van der Waals surface area contributed by atoms with Crippen LogP contribution in [0.15, 0.2) is 30.4 Å². The third-order valence-electron chi connectivity index (χ3n) is 4.94. The van der Waals surface area contributed by atoms with Gasteiger partial charge in [0.2, 0.25) is 11.8 Å². The lowest BCUT2D eigenvalue weighted by Gasteiger charge is -2.24. The molecule has 3 aliphatic rings. The van der Waals surface area contributed by atoms with Crippen molar-refractivity contribution in [2.24, 2.45) is 11.8 Å². The zero-order chi connectivity index (χ0) is 17.2. The normalized spacial score (nSPS) is 33.2. The van der Waals surface area contributed by atoms with Crippen LogP contribution in [-0.4, -0.2) is 35.6 Å². The molecule has 0 unspecified atom stereocenters. The predicted octanol–water partition coefficient (Wildman–Crippen LogP) is 1.44. The molecule has 0 N–H and O–H groups in total. The Morgan fingerprint density at radius 1 is 1.33 bits per heavy atom. The number of nitro benzene ring substituents is 1. The highest BCUT2D eigenvalue weighted by Crippen LogP contribution is 2.53. The van der Waals surface area contributed by atoms with Crippen LogP contribution >= 0.6 is 0 Å². The molecule has 4 rings (SSSR count). The Morgan fingerprint density at radius 2 is 2.08 bits per heavy atom. The second-order valence-electron chi connectivity index (χ2n) is 6.25. The highest BCUT2D eigenvalue weighted by Gasteiger charge is 2.66. The SMILES string of the molecule is COc1cc([N+](=O)[O-])ccc1N1C(=O)[C@@H]2[C@H]3C=C[C@@](C)(O3)[C@H]2C1=O. The number of amides is 2. The van der Waals surface area contributed by atoms with Crippen molar-refractivity contribution in [1.82, 2.24) is 0 Å². The molecular weight excluding hydrogens is 316 g/mol. The van der Waals surface area contributed by atoms with Gasteiger partial charge in [-0.05, 0) is 13.0 Å². The Hall–Kier alpha value is -2.74. The smallest absolute Gasteiger partial charge is 0.273 e. The second-order valence-corrected chi connectivity index (χ2v) is 6.25. The lowest BCUT2D eigenvalue weighted by atomic mass is 9.78. The van der Waals surface area contributed by atoms with Crippen molar-refractivity contribution < 1.29 is 24.0 Å². The summed E-state index contributed by atoms with van der Waals surface area (Å²) in [5.74, 6) is -1.77. The second kappa shape index (κ2) is 4.64. The molecule has 24 heavy (non-hydrogen) atoms. The molecule has 2 bridgehead atoms. The highest BCUT2D eigenvalue weighted by atomic mass is 16.6. The molecule has 0 aromatic heterocycles. The van der Waals surface area contributed by atoms with Gasteiger partial charge in [-0.3, -0.25) is 19.7 Å². The van der Waals surface area contributed by atoms with Gasteiger partial charge in [0.1, 0.15) is 5.75 Å². The molecule has 8 nitrogen and oxygen atoms in total. The number of anilines is 1. The third-order valence-corrected chi connectivity index (χ3v) is 4.94. The molecule has 8 heteroatoms. The average molecular weight is 330 g/mol. The summed E-state index contributed by atoms with van der Waals surface area (Å²) in [5, 5.41) is 10.9. The van der Waals surface area contributed by atoms with E-state index in [4.69, 9.17) is 9.47 Å². The molecule has 0 radical (unpaired) electrons. The zero-order valence-corrected chi connectivity index (χ0v) is 13.0. The molecule has 124 valence electrons. The number of hydrogen-bond donors (Lipinski definition) is 0. The van der Waals surface area contributed by atoms with E-state index in [2.05, 4.69) is 0 Å². The lowest BCUT2D eigenvalue weighted by Crippen LogP contribution is -2.38. The summed E-state index contributed by atoms with van der Waals surface area (Å²) in [4.78, 5) is 37.1. The number of nitrogens with zero attached hydrogens (tertiary/aromatic N) is 2. The number of carbonyl (C=O) groups is 2. The lowest BCUT2D eigenvalue weighted by molar-refractivity contribution is -0.384. The number of ether oxygens (including phenoxy) is 2. The van der Waals surface area contributed by atoms with Gasteiger partial charge in [0, 0.05) is 6.07 Å². The van der Waals surface area contributed by atoms with E-state index in [0.29, 0.717) is 0 Å². The van der Waals surface area contributed by atoms with E-state index in [0.717, 1.165) is 4.90 Å². The number of methoxy groups -OCH3 is 1. The number of benzene rings is 1. The molecule has 2 amide bonds. The fourth-order valence-corrected chi connectivity index (χ4v) is 3.85. The summed E-state index contributed by atoms with van der Waals surface area (Å²) >= 11 is 0. The van der Waals surface area contributed by atoms with Crippen molar-refractivity contribution in [3.8, 4) is 5.75 Å². The first-order valence-corrected chi connectivity index (χ1v) is 7.45. The third kappa shape index (κ3) is 1.71. The first-order chi connectivity index (χ1) is 11.4. The number of fused-ring (bicyclic) bond motifs is 5. The number of rotatable bonds is 3. The molecule has 4 atom stereocenters. The van der Waals surface area contributed by atoms with E-state index < -0.39 is 28.5 Å². The maximum Gasteiger partial charge on any atom is 0.273 e. The van der Waals surface area contributed by atoms with Gasteiger partial charge in [-0.25, -0.2) is 4.90 Å². The van der Waals surface area contributed by atoms with Gasteiger partial charge in [0.25, 0.3) is 5.69 Å². The number of carbonyl (C=O) groups excluding carboxylic acids is 2. The van der Waals surface area contributed by atoms with E-state index in [1.54, 1.807) is 6.92 Å². The Labute approximate surface area is 136 Å². The number of non-ortho nitro benzene ring substituents is 1. The van der Waals surface area contributed by atoms with Gasteiger partial charge in [-0.1, -0.05) is 12.2 Å². The van der Waals surface area contributed by atoms with Gasteiger partial charge in [0.05, 0.1) is 47.3 Å². The van der Waals surface area contributed by atoms with Crippen LogP contribution in [0.3, 0.4) is 0 Å². The minimum absolute atomic E-state index is 0.109. The number of hydrogen-bond acceptors (Lipinski definition) is 6. The van der Waals surface area contributed by atoms with Crippen molar-refractivity contribution in [3.05, 3.63) is 40.5 Å². The van der Waals surface area contributed by atoms with Crippen LogP contribution in [0.1, 0.15) is 6.92 Å². The van der Waals surface area contributed by atoms with Gasteiger partial charge < -0.3 is 9.47 Å². The summed E-state index contributed by atoms with van der Waals surface area (Å²) in [6.45, 7) is 1.79. The van der Waals surface area contributed by atoms with E-state index in [9.17, 15) is 19.7 Å². The maximum absolute atomic E-state index is 12.9. The van der Waals surface area contributed by atoms with Gasteiger partial charge in [-0.15, -0.1) is 0 Å². The van der Waals surface area contributed by atoms with Crippen LogP contribution in [0.2, 0.25) is 0 Å². The predicted molar refractivity (Wildman–Crippen MR) is 81.5 cm³/mol.